The van der Waals surface area contributed by atoms with Crippen molar-refractivity contribution in [2.45, 2.75) is 117 Å². The number of aromatic carboxylic acids is 2. The van der Waals surface area contributed by atoms with Gasteiger partial charge < -0.3 is 44.4 Å². The number of aromatic nitrogens is 6. The first-order valence-corrected chi connectivity index (χ1v) is 48.4. The summed E-state index contributed by atoms with van der Waals surface area (Å²) < 4.78 is 37.6. The molecule has 0 saturated carbocycles. The highest BCUT2D eigenvalue weighted by Crippen LogP contribution is 2.43. The van der Waals surface area contributed by atoms with Gasteiger partial charge in [0.05, 0.1) is 74.9 Å². The molecule has 0 fully saturated rings. The van der Waals surface area contributed by atoms with Crippen molar-refractivity contribution >= 4 is 179 Å². The summed E-state index contributed by atoms with van der Waals surface area (Å²) >= 11 is 8.44. The monoisotopic (exact) mass is 1910 g/mol. The number of carbonyl (C=O) groups is 7. The number of aryl methyl sites for hydroxylation is 4. The molecule has 0 unspecified atom stereocenters. The van der Waals surface area contributed by atoms with Crippen molar-refractivity contribution in [2.24, 2.45) is 5.73 Å². The van der Waals surface area contributed by atoms with Gasteiger partial charge >= 0.3 is 36.1 Å². The molecule has 7 amide bonds. The number of fused-ring (bicyclic) bond motifs is 6. The molecule has 9 aromatic carbocycles. The van der Waals surface area contributed by atoms with Crippen molar-refractivity contribution < 1.29 is 72.2 Å². The molecule has 0 aliphatic carbocycles. The normalized spacial score (nSPS) is 12.8. The van der Waals surface area contributed by atoms with Crippen molar-refractivity contribution in [1.29, 1.82) is 0 Å². The Hall–Kier alpha value is -13.8. The fourth-order valence-corrected chi connectivity index (χ4v) is 20.8. The molecule has 6 aromatic heterocycles. The number of anilines is 7. The maximum absolute atomic E-state index is 13.4. The number of amides is 7. The molecule has 0 radical (unpaired) electrons. The molecule has 35 heteroatoms. The first-order valence-electron chi connectivity index (χ1n) is 43.5. The molecular formula is C99H96N14O15S6. The molecule has 688 valence electrons. The van der Waals surface area contributed by atoms with E-state index in [-0.39, 0.29) is 40.7 Å². The second-order valence-corrected chi connectivity index (χ2v) is 39.7. The van der Waals surface area contributed by atoms with Gasteiger partial charge in [0.1, 0.15) is 68.3 Å². The zero-order valence-electron chi connectivity index (χ0n) is 74.3. The van der Waals surface area contributed by atoms with Crippen molar-refractivity contribution in [1.82, 2.24) is 29.9 Å². The van der Waals surface area contributed by atoms with Crippen LogP contribution < -0.4 is 65.4 Å². The first-order chi connectivity index (χ1) is 64.6. The second kappa shape index (κ2) is 42.0. The molecule has 15 aromatic rings. The lowest BCUT2D eigenvalue weighted by Gasteiger charge is -2.29. The number of carboxylic acids is 2. The van der Waals surface area contributed by atoms with Gasteiger partial charge in [-0.3, -0.25) is 40.8 Å². The van der Waals surface area contributed by atoms with Gasteiger partial charge in [-0.05, 0) is 222 Å². The van der Waals surface area contributed by atoms with Crippen molar-refractivity contribution in [3.05, 3.63) is 249 Å². The van der Waals surface area contributed by atoms with E-state index in [0.29, 0.717) is 177 Å². The molecule has 0 atom stereocenters. The number of hydrogen-bond acceptors (Lipinski definition) is 26. The smallest absolute Gasteiger partial charge is 0.412 e. The van der Waals surface area contributed by atoms with E-state index >= 15 is 0 Å². The number of nitrogens with zero attached hydrogens (tertiary/aromatic N) is 9. The SMILES string of the molecule is CC(=O)c1nc(-c2ccc3c(c2)N(C(=O)Nc2nc4ccccc4s2)CCO3)sc1CCCOc1ccc(CN)cc1.CC(C)(C)OC(=O)Nc1ccc(OCCCc2sc(-c3ccc4c(c3)N(C(=O)Nc3nc5ccccc5s3)CCC4)nc2C(=O)O)cc1.CC(C)(C)c1ccc(OCCCc2sc(-c3ccc4c(c3)N(C(=O)Nc3nc5ccccc5s3)CCO4)nc2C(=O)O)cc1. The summed E-state index contributed by atoms with van der Waals surface area (Å²) in [5, 5.41) is 34.7. The topological polar surface area (TPSA) is 377 Å². The van der Waals surface area contributed by atoms with Gasteiger partial charge in [-0.1, -0.05) is 128 Å². The van der Waals surface area contributed by atoms with Crippen LogP contribution in [0.2, 0.25) is 0 Å². The maximum Gasteiger partial charge on any atom is 0.412 e. The van der Waals surface area contributed by atoms with Gasteiger partial charge in [0.2, 0.25) is 0 Å². The number of hydrogen-bond donors (Lipinski definition) is 7. The number of thiazole rings is 6. The van der Waals surface area contributed by atoms with Gasteiger partial charge in [-0.15, -0.1) is 34.0 Å². The maximum atomic E-state index is 13.4. The standard InChI is InChI=1S/C35H35N5O6S2.C33H32N4O5S2.C31H29N5O4S2/c1-35(2,3)46-34(44)36-23-14-16-24(17-15-23)45-19-7-11-28-29(31(41)42)38-30(47-28)22-13-12-21-8-6-18-40(26(21)20-22)33(43)39-32-37-25-9-4-5-10-27(25)48-32;1-33(2,3)21-11-13-22(14-12-21)41-17-6-9-27-28(30(38)39)35-29(43-27)20-10-15-25-24(19-20)37(16-18-42-25)32(40)36-31-34-23-7-4-5-8-26(23)44-31;1-19(37)28-27(7-4-15-39-22-11-8-20(18-32)9-12-22)41-29(34-28)21-10-13-25-24(17-21)36(14-16-40-25)31(38)35-30-33-23-5-2-3-6-26(23)42-30/h4-5,9-10,12-17,20H,6-8,11,18-19H2,1-3H3,(H,36,44)(H,41,42)(H,37,39,43);4-5,7-8,10-15,19H,6,9,16-18H2,1-3H3,(H,38,39)(H,34,36,40);2-3,5-6,8-13,17H,4,7,14-16,18,32H2,1H3,(H,33,35,38). The average Bonchev–Trinajstić information content (AvgIpc) is 1.50. The highest BCUT2D eigenvalue weighted by molar-refractivity contribution is 7.23. The van der Waals surface area contributed by atoms with Crippen LogP contribution in [0, 0.1) is 0 Å². The lowest BCUT2D eigenvalue weighted by atomic mass is 9.87. The van der Waals surface area contributed by atoms with E-state index in [0.717, 1.165) is 94.2 Å². The van der Waals surface area contributed by atoms with Crippen LogP contribution in [0.15, 0.2) is 200 Å². The predicted molar refractivity (Wildman–Crippen MR) is 531 cm³/mol. The zero-order chi connectivity index (χ0) is 93.7. The summed E-state index contributed by atoms with van der Waals surface area (Å²) in [6, 6.07) is 62.1. The van der Waals surface area contributed by atoms with Crippen LogP contribution in [0.4, 0.5) is 57.3 Å². The Labute approximate surface area is 796 Å². The molecule has 3 aliphatic rings. The van der Waals surface area contributed by atoms with Crippen molar-refractivity contribution in [2.75, 3.05) is 88.6 Å². The number of rotatable bonds is 26. The minimum Gasteiger partial charge on any atom is -0.494 e. The summed E-state index contributed by atoms with van der Waals surface area (Å²) in [5.74, 6) is 1.15. The van der Waals surface area contributed by atoms with E-state index in [1.165, 1.54) is 80.5 Å². The molecular weight excluding hydrogens is 1820 g/mol. The molecule has 0 saturated heterocycles. The lowest BCUT2D eigenvalue weighted by Crippen LogP contribution is -2.40. The van der Waals surface area contributed by atoms with Gasteiger partial charge in [-0.25, -0.2) is 58.7 Å². The number of benzene rings is 9. The molecule has 8 N–H and O–H groups in total. The molecule has 0 bridgehead atoms. The Kier molecular flexibility index (Phi) is 29.3. The van der Waals surface area contributed by atoms with E-state index < -0.39 is 23.6 Å². The molecule has 3 aliphatic heterocycles. The van der Waals surface area contributed by atoms with Crippen LogP contribution in [0.1, 0.15) is 137 Å². The van der Waals surface area contributed by atoms with E-state index in [1.54, 1.807) is 65.8 Å². The quantitative estimate of drug-likeness (QED) is 0.0195. The van der Waals surface area contributed by atoms with E-state index in [2.05, 4.69) is 79.1 Å². The third-order valence-electron chi connectivity index (χ3n) is 21.5. The summed E-state index contributed by atoms with van der Waals surface area (Å²) in [6.07, 6.45) is 4.74. The number of nitrogens with one attached hydrogen (secondary N) is 4. The summed E-state index contributed by atoms with van der Waals surface area (Å²) in [6.45, 7) is 17.3. The number of ether oxygens (including phenoxy) is 6. The number of Topliss-reactive ketones (excluding diaryl/α,β-unsaturated/α-hetero) is 1. The van der Waals surface area contributed by atoms with Crippen molar-refractivity contribution in [3.63, 3.8) is 0 Å². The third-order valence-corrected chi connectivity index (χ3v) is 27.9. The highest BCUT2D eigenvalue weighted by Gasteiger charge is 2.32. The van der Waals surface area contributed by atoms with Crippen LogP contribution in [0.25, 0.3) is 62.4 Å². The second-order valence-electron chi connectivity index (χ2n) is 33.4. The fourth-order valence-electron chi connectivity index (χ4n) is 14.9. The van der Waals surface area contributed by atoms with E-state index in [4.69, 9.17) is 39.1 Å². The summed E-state index contributed by atoms with van der Waals surface area (Å²) in [5.41, 5.74) is 16.4. The van der Waals surface area contributed by atoms with E-state index in [1.807, 2.05) is 158 Å². The van der Waals surface area contributed by atoms with Gasteiger partial charge in [-0.2, -0.15) is 0 Å². The molecule has 18 rings (SSSR count). The first kappa shape index (κ1) is 93.4. The Bertz CT molecular complexity index is 6720. The zero-order valence-corrected chi connectivity index (χ0v) is 79.2. The number of para-hydroxylation sites is 3. The minimum absolute atomic E-state index is 0.0238. The Morgan fingerprint density at radius 3 is 1.23 bits per heavy atom. The summed E-state index contributed by atoms with van der Waals surface area (Å²) in [7, 11) is 0. The van der Waals surface area contributed by atoms with Crippen LogP contribution in [0.5, 0.6) is 28.7 Å². The van der Waals surface area contributed by atoms with Crippen LogP contribution in [-0.4, -0.2) is 140 Å². The Balaban J connectivity index is 0.000000147. The van der Waals surface area contributed by atoms with Crippen LogP contribution in [0.3, 0.4) is 0 Å². The Morgan fingerprint density at radius 1 is 0.440 bits per heavy atom. The van der Waals surface area contributed by atoms with E-state index in [9.17, 15) is 43.8 Å². The van der Waals surface area contributed by atoms with Gasteiger partial charge in [0.25, 0.3) is 0 Å². The molecule has 134 heavy (non-hydrogen) atoms. The molecule has 29 nitrogen and oxygen atoms in total. The number of carboxylic acid groups (broad SMARTS) is 2. The number of ketones is 1. The number of nitrogens with two attached hydrogens (primary N) is 1. The molecule has 0 spiro atoms. The van der Waals surface area contributed by atoms with Gasteiger partial charge in [0.15, 0.2) is 32.6 Å². The third kappa shape index (κ3) is 23.3. The fraction of sp³-hybridized carbons (Fsp3) is 0.263. The van der Waals surface area contributed by atoms with Crippen molar-refractivity contribution in [3.8, 4) is 60.5 Å². The number of carbonyl (C=O) groups excluding carboxylic acids is 5. The molecule has 9 heterocycles. The number of urea groups is 3. The average molecular weight is 1910 g/mol. The van der Waals surface area contributed by atoms with Gasteiger partial charge in [0, 0.05) is 62.7 Å². The lowest BCUT2D eigenvalue weighted by molar-refractivity contribution is 0.0632. The highest BCUT2D eigenvalue weighted by atomic mass is 32.1. The summed E-state index contributed by atoms with van der Waals surface area (Å²) in [4.78, 5) is 123. The van der Waals surface area contributed by atoms with Crippen LogP contribution in [-0.2, 0) is 42.4 Å². The largest absolute Gasteiger partial charge is 0.494 e. The van der Waals surface area contributed by atoms with Crippen LogP contribution >= 0.6 is 68.0 Å². The predicted octanol–water partition coefficient (Wildman–Crippen LogP) is 22.8. The minimum atomic E-state index is -1.09. The Morgan fingerprint density at radius 2 is 0.828 bits per heavy atom.